The molecule has 3 aromatic rings. The molecule has 0 amide bonds. The van der Waals surface area contributed by atoms with E-state index in [9.17, 15) is 4.79 Å². The highest BCUT2D eigenvalue weighted by atomic mass is 16.5. The third-order valence-corrected chi connectivity index (χ3v) is 4.29. The zero-order chi connectivity index (χ0) is 20.9. The lowest BCUT2D eigenvalue weighted by Gasteiger charge is -2.21. The van der Waals surface area contributed by atoms with Crippen LogP contribution in [0.15, 0.2) is 42.6 Å². The van der Waals surface area contributed by atoms with E-state index in [-0.39, 0.29) is 12.6 Å². The molecule has 0 aliphatic heterocycles. The van der Waals surface area contributed by atoms with Crippen molar-refractivity contribution in [2.45, 2.75) is 20.8 Å². The van der Waals surface area contributed by atoms with Crippen LogP contribution in [0.1, 0.15) is 20.8 Å². The van der Waals surface area contributed by atoms with Gasteiger partial charge in [0.2, 0.25) is 5.88 Å². The summed E-state index contributed by atoms with van der Waals surface area (Å²) in [6.45, 7) is 6.11. The first kappa shape index (κ1) is 20.3. The maximum absolute atomic E-state index is 11.7. The highest BCUT2D eigenvalue weighted by Gasteiger charge is 2.29. The summed E-state index contributed by atoms with van der Waals surface area (Å²) in [5.74, 6) is 0.775. The van der Waals surface area contributed by atoms with Gasteiger partial charge in [-0.3, -0.25) is 9.89 Å². The van der Waals surface area contributed by atoms with E-state index >= 15 is 0 Å². The third kappa shape index (κ3) is 4.90. The SMILES string of the molecule is CCOc1n[nH]c(-c2ccc(-c3ccc(OCC(C)(C)C(=O)OC)nc3)cc2)n1. The van der Waals surface area contributed by atoms with Gasteiger partial charge in [-0.2, -0.15) is 4.98 Å². The molecule has 0 radical (unpaired) electrons. The Hall–Kier alpha value is -3.42. The number of methoxy groups -OCH3 is 1. The Morgan fingerprint density at radius 3 is 2.34 bits per heavy atom. The van der Waals surface area contributed by atoms with Crippen LogP contribution in [0.3, 0.4) is 0 Å². The average molecular weight is 396 g/mol. The van der Waals surface area contributed by atoms with Gasteiger partial charge in [-0.1, -0.05) is 24.3 Å². The van der Waals surface area contributed by atoms with Crippen LogP contribution in [-0.4, -0.2) is 46.5 Å². The van der Waals surface area contributed by atoms with E-state index in [4.69, 9.17) is 14.2 Å². The van der Waals surface area contributed by atoms with Gasteiger partial charge in [0.25, 0.3) is 0 Å². The predicted octanol–water partition coefficient (Wildman–Crippen LogP) is 3.51. The topological polar surface area (TPSA) is 99.2 Å². The standard InChI is InChI=1S/C21H24N4O4/c1-5-28-20-23-18(24-25-20)15-8-6-14(7-9-15)16-10-11-17(22-12-16)29-13-21(2,3)19(26)27-4/h6-12H,5,13H2,1-4H3,(H,23,24,25). The molecular formula is C21H24N4O4. The van der Waals surface area contributed by atoms with E-state index in [2.05, 4.69) is 20.2 Å². The van der Waals surface area contributed by atoms with Gasteiger partial charge >= 0.3 is 12.0 Å². The van der Waals surface area contributed by atoms with Gasteiger partial charge in [0.15, 0.2) is 5.82 Å². The number of esters is 1. The number of carbonyl (C=O) groups is 1. The Bertz CT molecular complexity index is 950. The smallest absolute Gasteiger partial charge is 0.335 e. The van der Waals surface area contributed by atoms with Crippen LogP contribution in [0.25, 0.3) is 22.5 Å². The Morgan fingerprint density at radius 1 is 1.03 bits per heavy atom. The third-order valence-electron chi connectivity index (χ3n) is 4.29. The van der Waals surface area contributed by atoms with Crippen molar-refractivity contribution >= 4 is 5.97 Å². The molecule has 0 fully saturated rings. The molecule has 8 heteroatoms. The zero-order valence-corrected chi connectivity index (χ0v) is 16.9. The summed E-state index contributed by atoms with van der Waals surface area (Å²) in [4.78, 5) is 20.3. The lowest BCUT2D eigenvalue weighted by Crippen LogP contribution is -2.32. The molecule has 0 aliphatic carbocycles. The fourth-order valence-corrected chi connectivity index (χ4v) is 2.62. The second-order valence-corrected chi connectivity index (χ2v) is 7.03. The Morgan fingerprint density at radius 2 is 1.72 bits per heavy atom. The first-order valence-electron chi connectivity index (χ1n) is 9.26. The van der Waals surface area contributed by atoms with Crippen LogP contribution >= 0.6 is 0 Å². The van der Waals surface area contributed by atoms with Crippen LogP contribution in [-0.2, 0) is 9.53 Å². The number of benzene rings is 1. The summed E-state index contributed by atoms with van der Waals surface area (Å²) in [7, 11) is 1.36. The number of nitrogens with one attached hydrogen (secondary N) is 1. The van der Waals surface area contributed by atoms with Crippen molar-refractivity contribution in [2.75, 3.05) is 20.3 Å². The number of hydrogen-bond acceptors (Lipinski definition) is 7. The van der Waals surface area contributed by atoms with Crippen LogP contribution in [0.4, 0.5) is 0 Å². The molecule has 152 valence electrons. The highest BCUT2D eigenvalue weighted by molar-refractivity contribution is 5.76. The lowest BCUT2D eigenvalue weighted by molar-refractivity contribution is -0.152. The minimum absolute atomic E-state index is 0.182. The number of ether oxygens (including phenoxy) is 3. The van der Waals surface area contributed by atoms with Crippen molar-refractivity contribution in [3.8, 4) is 34.4 Å². The number of rotatable bonds is 8. The van der Waals surface area contributed by atoms with E-state index in [1.807, 2.05) is 37.3 Å². The molecule has 0 saturated carbocycles. The summed E-state index contributed by atoms with van der Waals surface area (Å²) in [5.41, 5.74) is 2.12. The number of aromatic nitrogens is 4. The number of nitrogens with zero attached hydrogens (tertiary/aromatic N) is 3. The molecule has 2 heterocycles. The first-order chi connectivity index (χ1) is 13.9. The average Bonchev–Trinajstić information content (AvgIpc) is 3.21. The van der Waals surface area contributed by atoms with Gasteiger partial charge in [0.05, 0.1) is 19.1 Å². The molecule has 0 unspecified atom stereocenters. The van der Waals surface area contributed by atoms with Crippen molar-refractivity contribution in [1.29, 1.82) is 0 Å². The number of pyridine rings is 1. The predicted molar refractivity (Wildman–Crippen MR) is 108 cm³/mol. The highest BCUT2D eigenvalue weighted by Crippen LogP contribution is 2.25. The molecular weight excluding hydrogens is 372 g/mol. The van der Waals surface area contributed by atoms with Gasteiger partial charge in [0, 0.05) is 23.4 Å². The molecule has 2 aromatic heterocycles. The molecule has 0 spiro atoms. The summed E-state index contributed by atoms with van der Waals surface area (Å²) in [6.07, 6.45) is 1.73. The van der Waals surface area contributed by atoms with Crippen molar-refractivity contribution in [2.24, 2.45) is 5.41 Å². The molecule has 0 bridgehead atoms. The van der Waals surface area contributed by atoms with E-state index in [1.165, 1.54) is 7.11 Å². The van der Waals surface area contributed by atoms with Crippen LogP contribution < -0.4 is 9.47 Å². The van der Waals surface area contributed by atoms with Crippen molar-refractivity contribution < 1.29 is 19.0 Å². The first-order valence-corrected chi connectivity index (χ1v) is 9.26. The van der Waals surface area contributed by atoms with E-state index in [1.54, 1.807) is 26.1 Å². The number of H-pyrrole nitrogens is 1. The zero-order valence-electron chi connectivity index (χ0n) is 16.9. The normalized spacial score (nSPS) is 11.2. The van der Waals surface area contributed by atoms with Crippen LogP contribution in [0, 0.1) is 5.41 Å². The summed E-state index contributed by atoms with van der Waals surface area (Å²) >= 11 is 0. The molecule has 29 heavy (non-hydrogen) atoms. The van der Waals surface area contributed by atoms with Crippen molar-refractivity contribution in [1.82, 2.24) is 20.2 Å². The largest absolute Gasteiger partial charge is 0.476 e. The van der Waals surface area contributed by atoms with Gasteiger partial charge < -0.3 is 14.2 Å². The Balaban J connectivity index is 1.66. The van der Waals surface area contributed by atoms with Crippen LogP contribution in [0.5, 0.6) is 11.9 Å². The molecule has 0 atom stereocenters. The van der Waals surface area contributed by atoms with Gasteiger partial charge in [0.1, 0.15) is 6.61 Å². The monoisotopic (exact) mass is 396 g/mol. The van der Waals surface area contributed by atoms with E-state index in [0.717, 1.165) is 16.7 Å². The van der Waals surface area contributed by atoms with Crippen molar-refractivity contribution in [3.05, 3.63) is 42.6 Å². The summed E-state index contributed by atoms with van der Waals surface area (Å²) in [5, 5.41) is 6.88. The minimum Gasteiger partial charge on any atom is -0.476 e. The lowest BCUT2D eigenvalue weighted by atomic mass is 9.95. The quantitative estimate of drug-likeness (QED) is 0.582. The molecule has 3 rings (SSSR count). The molecule has 0 aliphatic rings. The Labute approximate surface area is 169 Å². The second-order valence-electron chi connectivity index (χ2n) is 7.03. The molecule has 8 nitrogen and oxygen atoms in total. The minimum atomic E-state index is -0.742. The molecule has 1 aromatic carbocycles. The van der Waals surface area contributed by atoms with E-state index < -0.39 is 5.41 Å². The van der Waals surface area contributed by atoms with E-state index in [0.29, 0.717) is 24.3 Å². The Kier molecular flexibility index (Phi) is 6.11. The van der Waals surface area contributed by atoms with Gasteiger partial charge in [-0.25, -0.2) is 4.98 Å². The second kappa shape index (κ2) is 8.72. The van der Waals surface area contributed by atoms with Crippen molar-refractivity contribution in [3.63, 3.8) is 0 Å². The van der Waals surface area contributed by atoms with Crippen LogP contribution in [0.2, 0.25) is 0 Å². The summed E-state index contributed by atoms with van der Waals surface area (Å²) in [6, 6.07) is 11.9. The molecule has 0 saturated heterocycles. The molecule has 1 N–H and O–H groups in total. The number of carbonyl (C=O) groups excluding carboxylic acids is 1. The number of aromatic amines is 1. The van der Waals surface area contributed by atoms with Gasteiger partial charge in [-0.15, -0.1) is 5.10 Å². The maximum atomic E-state index is 11.7. The fourth-order valence-electron chi connectivity index (χ4n) is 2.62. The fraction of sp³-hybridized carbons (Fsp3) is 0.333. The number of hydrogen-bond donors (Lipinski definition) is 1. The maximum Gasteiger partial charge on any atom is 0.335 e. The summed E-state index contributed by atoms with van der Waals surface area (Å²) < 4.78 is 15.7. The van der Waals surface area contributed by atoms with Gasteiger partial charge in [-0.05, 0) is 32.4 Å².